The lowest BCUT2D eigenvalue weighted by Crippen LogP contribution is -2.33. The monoisotopic (exact) mass is 383 g/mol. The molecule has 0 aliphatic heterocycles. The number of hydrogen-bond donors (Lipinski definition) is 1. The van der Waals surface area contributed by atoms with Crippen LogP contribution in [-0.2, 0) is 14.1 Å². The van der Waals surface area contributed by atoms with Gasteiger partial charge in [-0.15, -0.1) is 0 Å². The minimum atomic E-state index is -3.11. The summed E-state index contributed by atoms with van der Waals surface area (Å²) in [5, 5.41) is 2.63. The van der Waals surface area contributed by atoms with Crippen LogP contribution in [0.3, 0.4) is 0 Å². The maximum Gasteiger partial charge on any atom is 0.323 e. The number of ether oxygens (including phenoxy) is 1. The average Bonchev–Trinajstić information content (AvgIpc) is 2.30. The van der Waals surface area contributed by atoms with Crippen molar-refractivity contribution in [1.29, 1.82) is 0 Å². The average molecular weight is 383 g/mol. The van der Waals surface area contributed by atoms with Gasteiger partial charge < -0.3 is 9.26 Å². The Morgan fingerprint density at radius 3 is 2.44 bits per heavy atom. The molecule has 0 fully saturated rings. The van der Waals surface area contributed by atoms with E-state index in [1.54, 1.807) is 19.1 Å². The molecule has 7 heteroatoms. The summed E-state index contributed by atoms with van der Waals surface area (Å²) >= 11 is 2.17. The van der Waals surface area contributed by atoms with E-state index >= 15 is 0 Å². The Kier molecular flexibility index (Phi) is 5.62. The second kappa shape index (κ2) is 6.54. The third-order valence-electron chi connectivity index (χ3n) is 2.08. The van der Waals surface area contributed by atoms with E-state index in [-0.39, 0.29) is 0 Å². The van der Waals surface area contributed by atoms with Crippen molar-refractivity contribution in [2.75, 3.05) is 13.8 Å². The van der Waals surface area contributed by atoms with Crippen LogP contribution in [0.1, 0.15) is 6.92 Å². The van der Waals surface area contributed by atoms with Crippen molar-refractivity contribution >= 4 is 36.1 Å². The molecule has 100 valence electrons. The normalized spacial score (nSPS) is 15.6. The summed E-state index contributed by atoms with van der Waals surface area (Å²) in [6, 6.07) is 6.46. The third-order valence-corrected chi connectivity index (χ3v) is 4.21. The standard InChI is InChI=1S/C11H15INO4P/c1-8(11(14)16-2)13-18(3,15)17-10-6-4-9(12)5-7-10/h4-8H,1-3H3,(H,13,15)/t8-,18?/m0/s1. The van der Waals surface area contributed by atoms with E-state index in [4.69, 9.17) is 4.52 Å². The molecule has 0 spiro atoms. The first kappa shape index (κ1) is 15.5. The summed E-state index contributed by atoms with van der Waals surface area (Å²) in [4.78, 5) is 11.2. The predicted octanol–water partition coefficient (Wildman–Crippen LogP) is 2.64. The zero-order chi connectivity index (χ0) is 13.8. The lowest BCUT2D eigenvalue weighted by atomic mass is 10.3. The highest BCUT2D eigenvalue weighted by Gasteiger charge is 2.24. The number of carbonyl (C=O) groups excluding carboxylic acids is 1. The number of rotatable bonds is 5. The fraction of sp³-hybridized carbons (Fsp3) is 0.364. The van der Waals surface area contributed by atoms with Crippen molar-refractivity contribution in [2.45, 2.75) is 13.0 Å². The van der Waals surface area contributed by atoms with E-state index in [9.17, 15) is 9.36 Å². The Hall–Kier alpha value is -0.590. The number of halogens is 1. The van der Waals surface area contributed by atoms with Crippen LogP contribution in [-0.4, -0.2) is 25.8 Å². The molecule has 1 unspecified atom stereocenters. The summed E-state index contributed by atoms with van der Waals surface area (Å²) < 4.78 is 23.1. The second-order valence-electron chi connectivity index (χ2n) is 3.77. The third kappa shape index (κ3) is 4.96. The van der Waals surface area contributed by atoms with E-state index in [1.165, 1.54) is 13.8 Å². The Bertz CT molecular complexity index is 463. The Morgan fingerprint density at radius 1 is 1.39 bits per heavy atom. The number of nitrogens with one attached hydrogen (secondary N) is 1. The van der Waals surface area contributed by atoms with E-state index in [1.807, 2.05) is 12.1 Å². The highest BCUT2D eigenvalue weighted by atomic mass is 127. The highest BCUT2D eigenvalue weighted by Crippen LogP contribution is 2.39. The quantitative estimate of drug-likeness (QED) is 0.481. The van der Waals surface area contributed by atoms with Crippen LogP contribution >= 0.6 is 30.1 Å². The lowest BCUT2D eigenvalue weighted by molar-refractivity contribution is -0.142. The van der Waals surface area contributed by atoms with Crippen molar-refractivity contribution in [3.05, 3.63) is 27.8 Å². The van der Waals surface area contributed by atoms with Crippen LogP contribution in [0.25, 0.3) is 0 Å². The molecule has 0 aromatic heterocycles. The second-order valence-corrected chi connectivity index (χ2v) is 7.14. The molecule has 5 nitrogen and oxygen atoms in total. The van der Waals surface area contributed by atoms with Crippen molar-refractivity contribution < 1.29 is 18.6 Å². The molecule has 0 heterocycles. The van der Waals surface area contributed by atoms with Gasteiger partial charge in [0.2, 0.25) is 0 Å². The summed E-state index contributed by atoms with van der Waals surface area (Å²) in [6.45, 7) is 2.99. The molecule has 1 N–H and O–H groups in total. The first-order valence-corrected chi connectivity index (χ1v) is 8.37. The largest absolute Gasteiger partial charge is 0.468 e. The van der Waals surface area contributed by atoms with E-state index in [0.29, 0.717) is 5.75 Å². The highest BCUT2D eigenvalue weighted by molar-refractivity contribution is 14.1. The molecule has 2 atom stereocenters. The summed E-state index contributed by atoms with van der Waals surface area (Å²) in [6.07, 6.45) is 0. The van der Waals surface area contributed by atoms with Gasteiger partial charge >= 0.3 is 13.5 Å². The Morgan fingerprint density at radius 2 is 1.94 bits per heavy atom. The summed E-state index contributed by atoms with van der Waals surface area (Å²) in [5.41, 5.74) is 0. The first-order valence-electron chi connectivity index (χ1n) is 5.22. The minimum Gasteiger partial charge on any atom is -0.468 e. The van der Waals surface area contributed by atoms with Crippen molar-refractivity contribution in [3.8, 4) is 5.75 Å². The summed E-state index contributed by atoms with van der Waals surface area (Å²) in [5.74, 6) is 0.00843. The maximum atomic E-state index is 12.2. The molecule has 1 rings (SSSR count). The minimum absolute atomic E-state index is 0.483. The molecule has 0 aliphatic rings. The van der Waals surface area contributed by atoms with Gasteiger partial charge in [-0.3, -0.25) is 9.36 Å². The van der Waals surface area contributed by atoms with Gasteiger partial charge in [-0.1, -0.05) is 0 Å². The zero-order valence-corrected chi connectivity index (χ0v) is 13.4. The van der Waals surface area contributed by atoms with E-state index < -0.39 is 19.5 Å². The fourth-order valence-corrected chi connectivity index (χ4v) is 3.05. The molecular formula is C11H15INO4P. The molecule has 0 radical (unpaired) electrons. The van der Waals surface area contributed by atoms with Gasteiger partial charge in [0, 0.05) is 10.2 Å². The van der Waals surface area contributed by atoms with Crippen LogP contribution in [0.15, 0.2) is 24.3 Å². The van der Waals surface area contributed by atoms with Gasteiger partial charge in [-0.2, -0.15) is 0 Å². The zero-order valence-electron chi connectivity index (χ0n) is 10.3. The van der Waals surface area contributed by atoms with Crippen molar-refractivity contribution in [1.82, 2.24) is 5.09 Å². The van der Waals surface area contributed by atoms with Crippen LogP contribution in [0.5, 0.6) is 5.75 Å². The Balaban J connectivity index is 2.67. The lowest BCUT2D eigenvalue weighted by Gasteiger charge is -2.19. The predicted molar refractivity (Wildman–Crippen MR) is 77.9 cm³/mol. The number of hydrogen-bond acceptors (Lipinski definition) is 4. The van der Waals surface area contributed by atoms with Gasteiger partial charge in [0.15, 0.2) is 0 Å². The van der Waals surface area contributed by atoms with Crippen LogP contribution in [0.2, 0.25) is 0 Å². The maximum absolute atomic E-state index is 12.2. The Labute approximate surface area is 120 Å². The topological polar surface area (TPSA) is 64.6 Å². The molecule has 18 heavy (non-hydrogen) atoms. The van der Waals surface area contributed by atoms with Crippen LogP contribution in [0, 0.1) is 3.57 Å². The van der Waals surface area contributed by atoms with Crippen molar-refractivity contribution in [3.63, 3.8) is 0 Å². The number of methoxy groups -OCH3 is 1. The molecule has 0 aliphatic carbocycles. The first-order chi connectivity index (χ1) is 8.34. The number of carbonyl (C=O) groups is 1. The molecule has 0 saturated heterocycles. The smallest absolute Gasteiger partial charge is 0.323 e. The molecular weight excluding hydrogens is 368 g/mol. The van der Waals surface area contributed by atoms with Gasteiger partial charge in [-0.25, -0.2) is 5.09 Å². The SMILES string of the molecule is COC(=O)[C@H](C)NP(C)(=O)Oc1ccc(I)cc1. The molecule has 0 saturated carbocycles. The van der Waals surface area contributed by atoms with E-state index in [0.717, 1.165) is 3.57 Å². The van der Waals surface area contributed by atoms with Gasteiger partial charge in [-0.05, 0) is 53.8 Å². The molecule has 0 bridgehead atoms. The molecule has 0 amide bonds. The number of benzene rings is 1. The fourth-order valence-electron chi connectivity index (χ4n) is 1.30. The number of esters is 1. The van der Waals surface area contributed by atoms with Gasteiger partial charge in [0.25, 0.3) is 0 Å². The molecule has 1 aromatic rings. The van der Waals surface area contributed by atoms with Gasteiger partial charge in [0.1, 0.15) is 11.8 Å². The van der Waals surface area contributed by atoms with Gasteiger partial charge in [0.05, 0.1) is 7.11 Å². The van der Waals surface area contributed by atoms with Crippen LogP contribution in [0.4, 0.5) is 0 Å². The van der Waals surface area contributed by atoms with Crippen LogP contribution < -0.4 is 9.61 Å². The summed E-state index contributed by atoms with van der Waals surface area (Å²) in [7, 11) is -1.83. The van der Waals surface area contributed by atoms with E-state index in [2.05, 4.69) is 32.4 Å². The van der Waals surface area contributed by atoms with Crippen molar-refractivity contribution in [2.24, 2.45) is 0 Å². The molecule has 1 aromatic carbocycles.